The highest BCUT2D eigenvalue weighted by Gasteiger charge is 2.30. The lowest BCUT2D eigenvalue weighted by molar-refractivity contribution is -0.124. The molecule has 1 fully saturated rings. The number of furan rings is 1. The third kappa shape index (κ3) is 4.13. The van der Waals surface area contributed by atoms with Crippen molar-refractivity contribution in [3.63, 3.8) is 0 Å². The van der Waals surface area contributed by atoms with Crippen molar-refractivity contribution in [2.45, 2.75) is 20.3 Å². The number of hydrogen-bond acceptors (Lipinski definition) is 6. The molecule has 34 heavy (non-hydrogen) atoms. The van der Waals surface area contributed by atoms with Gasteiger partial charge < -0.3 is 14.3 Å². The number of methoxy groups -OCH3 is 1. The summed E-state index contributed by atoms with van der Waals surface area (Å²) in [5.41, 5.74) is 3.90. The van der Waals surface area contributed by atoms with Gasteiger partial charge in [-0.15, -0.1) is 0 Å². The van der Waals surface area contributed by atoms with Gasteiger partial charge >= 0.3 is 11.9 Å². The molecule has 0 aliphatic carbocycles. The van der Waals surface area contributed by atoms with Crippen molar-refractivity contribution < 1.29 is 33.4 Å². The van der Waals surface area contributed by atoms with Crippen LogP contribution in [0.1, 0.15) is 49.6 Å². The van der Waals surface area contributed by atoms with Gasteiger partial charge in [0.2, 0.25) is 5.91 Å². The van der Waals surface area contributed by atoms with Crippen molar-refractivity contribution >= 4 is 29.3 Å². The number of nitrogens with one attached hydrogen (secondary N) is 1. The Bertz CT molecular complexity index is 1380. The molecule has 0 radical (unpaired) electrons. The Morgan fingerprint density at radius 2 is 1.62 bits per heavy atom. The van der Waals surface area contributed by atoms with E-state index in [-0.39, 0.29) is 17.6 Å². The summed E-state index contributed by atoms with van der Waals surface area (Å²) in [5, 5.41) is 11.5. The quantitative estimate of drug-likeness (QED) is 0.337. The summed E-state index contributed by atoms with van der Waals surface area (Å²) in [6.07, 6.45) is -0.137. The number of carbonyl (C=O) groups excluding carboxylic acids is 3. The molecule has 0 unspecified atom stereocenters. The maximum atomic E-state index is 12.5. The maximum absolute atomic E-state index is 12.5. The third-order valence-corrected chi connectivity index (χ3v) is 5.74. The summed E-state index contributed by atoms with van der Waals surface area (Å²) in [4.78, 5) is 48.0. The van der Waals surface area contributed by atoms with Gasteiger partial charge in [-0.3, -0.25) is 14.9 Å². The predicted molar refractivity (Wildman–Crippen MR) is 122 cm³/mol. The molecule has 172 valence electrons. The highest BCUT2D eigenvalue weighted by Crippen LogP contribution is 2.36. The predicted octanol–water partition coefficient (Wildman–Crippen LogP) is 3.90. The van der Waals surface area contributed by atoms with Crippen LogP contribution in [0.4, 0.5) is 0 Å². The second-order valence-corrected chi connectivity index (χ2v) is 7.93. The van der Waals surface area contributed by atoms with Gasteiger partial charge in [0.1, 0.15) is 11.5 Å². The number of esters is 1. The molecular weight excluding hydrogens is 438 g/mol. The van der Waals surface area contributed by atoms with Crippen molar-refractivity contribution in [1.82, 2.24) is 5.32 Å². The number of carbonyl (C=O) groups is 4. The Kier molecular flexibility index (Phi) is 5.89. The van der Waals surface area contributed by atoms with Gasteiger partial charge in [-0.05, 0) is 66.9 Å². The van der Waals surface area contributed by atoms with E-state index in [1.165, 1.54) is 19.2 Å². The number of amides is 2. The number of ether oxygens (including phenoxy) is 1. The Balaban J connectivity index is 1.88. The number of carboxylic acids is 1. The zero-order chi connectivity index (χ0) is 24.6. The molecule has 0 atom stereocenters. The van der Waals surface area contributed by atoms with Crippen molar-refractivity contribution in [2.75, 3.05) is 7.11 Å². The fraction of sp³-hybridized carbons (Fsp3) is 0.154. The Morgan fingerprint density at radius 3 is 2.21 bits per heavy atom. The number of benzene rings is 2. The first-order valence-electron chi connectivity index (χ1n) is 10.4. The van der Waals surface area contributed by atoms with Crippen LogP contribution in [0.25, 0.3) is 16.9 Å². The lowest BCUT2D eigenvalue weighted by Crippen LogP contribution is -2.19. The molecular formula is C26H21NO7. The van der Waals surface area contributed by atoms with Gasteiger partial charge in [-0.1, -0.05) is 12.1 Å². The van der Waals surface area contributed by atoms with Crippen LogP contribution in [0.15, 0.2) is 58.5 Å². The molecule has 8 heteroatoms. The lowest BCUT2D eigenvalue weighted by atomic mass is 9.95. The van der Waals surface area contributed by atoms with E-state index in [4.69, 9.17) is 9.15 Å². The number of rotatable bonds is 5. The number of aryl methyl sites for hydroxylation is 2. The molecule has 1 saturated heterocycles. The lowest BCUT2D eigenvalue weighted by Gasteiger charge is -2.11. The Morgan fingerprint density at radius 1 is 0.971 bits per heavy atom. The van der Waals surface area contributed by atoms with E-state index in [2.05, 4.69) is 5.32 Å². The van der Waals surface area contributed by atoms with Gasteiger partial charge in [0, 0.05) is 16.7 Å². The minimum atomic E-state index is -1.08. The summed E-state index contributed by atoms with van der Waals surface area (Å²) < 4.78 is 11.0. The third-order valence-electron chi connectivity index (χ3n) is 5.74. The van der Waals surface area contributed by atoms with E-state index in [1.54, 1.807) is 30.3 Å². The second kappa shape index (κ2) is 8.82. The molecule has 3 aromatic rings. The first-order chi connectivity index (χ1) is 16.2. The SMILES string of the molecule is COC(=O)c1cc(C)c(C)cc1-c1ccc(C(=C2CC(=O)NC2=O)c2ccc(C(=O)O)cc2)o1. The van der Waals surface area contributed by atoms with Crippen LogP contribution in [0.3, 0.4) is 0 Å². The fourth-order valence-corrected chi connectivity index (χ4v) is 3.85. The van der Waals surface area contributed by atoms with Crippen LogP contribution < -0.4 is 5.32 Å². The Hall–Kier alpha value is -4.46. The van der Waals surface area contributed by atoms with Gasteiger partial charge in [-0.25, -0.2) is 9.59 Å². The van der Waals surface area contributed by atoms with E-state index in [9.17, 15) is 24.3 Å². The van der Waals surface area contributed by atoms with Crippen LogP contribution in [-0.2, 0) is 14.3 Å². The fourth-order valence-electron chi connectivity index (χ4n) is 3.85. The van der Waals surface area contributed by atoms with E-state index >= 15 is 0 Å². The molecule has 8 nitrogen and oxygen atoms in total. The Labute approximate surface area is 194 Å². The van der Waals surface area contributed by atoms with Gasteiger partial charge in [-0.2, -0.15) is 0 Å². The highest BCUT2D eigenvalue weighted by atomic mass is 16.5. The van der Waals surface area contributed by atoms with Gasteiger partial charge in [0.15, 0.2) is 0 Å². The molecule has 0 spiro atoms. The standard InChI is InChI=1S/C26H21NO7/c1-13-10-17(18(11-14(13)2)26(32)33-3)20-8-9-21(34-20)23(19-12-22(28)27-24(19)29)15-4-6-16(7-5-15)25(30)31/h4-11H,12H2,1-3H3,(H,30,31)(H,27,28,29). The van der Waals surface area contributed by atoms with E-state index < -0.39 is 23.8 Å². The molecule has 2 heterocycles. The zero-order valence-corrected chi connectivity index (χ0v) is 18.7. The minimum absolute atomic E-state index is 0.0815. The molecule has 1 aliphatic rings. The molecule has 0 saturated carbocycles. The summed E-state index contributed by atoms with van der Waals surface area (Å²) in [6, 6.07) is 12.8. The van der Waals surface area contributed by atoms with Crippen LogP contribution in [0, 0.1) is 13.8 Å². The van der Waals surface area contributed by atoms with Crippen LogP contribution in [0.5, 0.6) is 0 Å². The summed E-state index contributed by atoms with van der Waals surface area (Å²) in [7, 11) is 1.30. The molecule has 2 N–H and O–H groups in total. The molecule has 1 aromatic heterocycles. The molecule has 2 aromatic carbocycles. The normalized spacial score (nSPS) is 14.7. The monoisotopic (exact) mass is 459 g/mol. The highest BCUT2D eigenvalue weighted by molar-refractivity contribution is 6.18. The molecule has 1 aliphatic heterocycles. The van der Waals surface area contributed by atoms with Crippen molar-refractivity contribution in [1.29, 1.82) is 0 Å². The first-order valence-corrected chi connectivity index (χ1v) is 10.4. The van der Waals surface area contributed by atoms with Crippen LogP contribution in [-0.4, -0.2) is 36.0 Å². The largest absolute Gasteiger partial charge is 0.478 e. The summed E-state index contributed by atoms with van der Waals surface area (Å²) >= 11 is 0. The second-order valence-electron chi connectivity index (χ2n) is 7.93. The van der Waals surface area contributed by atoms with Crippen LogP contribution >= 0.6 is 0 Å². The first kappa shape index (κ1) is 22.7. The van der Waals surface area contributed by atoms with Crippen molar-refractivity contribution in [3.8, 4) is 11.3 Å². The van der Waals surface area contributed by atoms with Crippen molar-refractivity contribution in [2.24, 2.45) is 0 Å². The van der Waals surface area contributed by atoms with Crippen LogP contribution in [0.2, 0.25) is 0 Å². The topological polar surface area (TPSA) is 123 Å². The van der Waals surface area contributed by atoms with E-state index in [1.807, 2.05) is 19.9 Å². The van der Waals surface area contributed by atoms with Gasteiger partial charge in [0.25, 0.3) is 5.91 Å². The number of imide groups is 1. The van der Waals surface area contributed by atoms with Gasteiger partial charge in [0.05, 0.1) is 24.7 Å². The molecule has 0 bridgehead atoms. The molecule has 2 amide bonds. The average Bonchev–Trinajstić information content (AvgIpc) is 3.42. The average molecular weight is 459 g/mol. The number of aromatic carboxylic acids is 1. The summed E-state index contributed by atoms with van der Waals surface area (Å²) in [6.45, 7) is 3.80. The summed E-state index contributed by atoms with van der Waals surface area (Å²) in [5.74, 6) is -1.90. The maximum Gasteiger partial charge on any atom is 0.338 e. The molecule has 4 rings (SSSR count). The van der Waals surface area contributed by atoms with E-state index in [0.717, 1.165) is 11.1 Å². The smallest absolute Gasteiger partial charge is 0.338 e. The van der Waals surface area contributed by atoms with E-state index in [0.29, 0.717) is 33.8 Å². The number of carboxylic acid groups (broad SMARTS) is 1. The zero-order valence-electron chi connectivity index (χ0n) is 18.7. The van der Waals surface area contributed by atoms with Crippen molar-refractivity contribution in [3.05, 3.63) is 87.7 Å². The number of hydrogen-bond donors (Lipinski definition) is 2. The minimum Gasteiger partial charge on any atom is -0.478 e.